The first-order valence-corrected chi connectivity index (χ1v) is 5.80. The second-order valence-electron chi connectivity index (χ2n) is 5.46. The predicted octanol–water partition coefficient (Wildman–Crippen LogP) is 3.49. The van der Waals surface area contributed by atoms with Crippen molar-refractivity contribution in [3.63, 3.8) is 0 Å². The van der Waals surface area contributed by atoms with Crippen molar-refractivity contribution in [1.82, 2.24) is 0 Å². The molecule has 0 aromatic heterocycles. The van der Waals surface area contributed by atoms with E-state index in [1.165, 1.54) is 25.7 Å². The maximum absolute atomic E-state index is 10.8. The largest absolute Gasteiger partial charge is 0.303 e. The minimum atomic E-state index is 0.322. The topological polar surface area (TPSA) is 17.1 Å². The lowest BCUT2D eigenvalue weighted by Gasteiger charge is -2.39. The van der Waals surface area contributed by atoms with Gasteiger partial charge >= 0.3 is 0 Å². The van der Waals surface area contributed by atoms with Crippen LogP contribution < -0.4 is 0 Å². The lowest BCUT2D eigenvalue weighted by molar-refractivity contribution is -0.111. The van der Waals surface area contributed by atoms with E-state index in [1.54, 1.807) is 11.1 Å². The van der Waals surface area contributed by atoms with Gasteiger partial charge in [0.1, 0.15) is 6.29 Å². The van der Waals surface area contributed by atoms with E-state index in [0.717, 1.165) is 19.1 Å². The van der Waals surface area contributed by atoms with Gasteiger partial charge in [-0.25, -0.2) is 0 Å². The Labute approximate surface area is 86.6 Å². The van der Waals surface area contributed by atoms with Crippen LogP contribution in [0, 0.1) is 11.3 Å². The molecule has 78 valence electrons. The molecule has 1 nitrogen and oxygen atoms in total. The number of rotatable bonds is 1. The van der Waals surface area contributed by atoms with Gasteiger partial charge in [0.2, 0.25) is 0 Å². The summed E-state index contributed by atoms with van der Waals surface area (Å²) in [7, 11) is 0. The Balaban J connectivity index is 2.25. The van der Waals surface area contributed by atoms with E-state index in [0.29, 0.717) is 11.3 Å². The Morgan fingerprint density at radius 2 is 2.14 bits per heavy atom. The third-order valence-electron chi connectivity index (χ3n) is 3.99. The van der Waals surface area contributed by atoms with Gasteiger partial charge in [0.15, 0.2) is 0 Å². The van der Waals surface area contributed by atoms with E-state index in [4.69, 9.17) is 0 Å². The minimum Gasteiger partial charge on any atom is -0.303 e. The summed E-state index contributed by atoms with van der Waals surface area (Å²) in [6.07, 6.45) is 8.38. The second-order valence-corrected chi connectivity index (χ2v) is 5.46. The van der Waals surface area contributed by atoms with Gasteiger partial charge in [-0.3, -0.25) is 0 Å². The Morgan fingerprint density at radius 3 is 2.86 bits per heavy atom. The number of hydrogen-bond donors (Lipinski definition) is 0. The fraction of sp³-hybridized carbons (Fsp3) is 0.769. The minimum absolute atomic E-state index is 0.322. The van der Waals surface area contributed by atoms with Crippen LogP contribution >= 0.6 is 0 Å². The van der Waals surface area contributed by atoms with Crippen molar-refractivity contribution < 1.29 is 4.79 Å². The molecule has 0 saturated heterocycles. The Hall–Kier alpha value is -0.590. The summed E-state index contributed by atoms with van der Waals surface area (Å²) < 4.78 is 0. The summed E-state index contributed by atoms with van der Waals surface area (Å²) in [4.78, 5) is 10.8. The molecule has 2 aliphatic carbocycles. The van der Waals surface area contributed by atoms with E-state index < -0.39 is 0 Å². The fourth-order valence-electron chi connectivity index (χ4n) is 3.13. The van der Waals surface area contributed by atoms with Crippen LogP contribution in [0.2, 0.25) is 0 Å². The number of aldehydes is 1. The highest BCUT2D eigenvalue weighted by Gasteiger charge is 2.33. The molecular weight excluding hydrogens is 172 g/mol. The molecule has 2 rings (SSSR count). The first-order chi connectivity index (χ1) is 6.63. The molecule has 0 spiro atoms. The Bertz CT molecular complexity index is 273. The van der Waals surface area contributed by atoms with Crippen LogP contribution in [0.3, 0.4) is 0 Å². The van der Waals surface area contributed by atoms with Crippen molar-refractivity contribution in [2.75, 3.05) is 0 Å². The fourth-order valence-corrected chi connectivity index (χ4v) is 3.13. The average molecular weight is 192 g/mol. The number of carbonyl (C=O) groups is 1. The van der Waals surface area contributed by atoms with Crippen molar-refractivity contribution in [3.8, 4) is 0 Å². The van der Waals surface area contributed by atoms with Gasteiger partial charge in [-0.1, -0.05) is 25.0 Å². The molecule has 0 radical (unpaired) electrons. The summed E-state index contributed by atoms with van der Waals surface area (Å²) in [6.45, 7) is 4.73. The van der Waals surface area contributed by atoms with E-state index in [-0.39, 0.29) is 0 Å². The van der Waals surface area contributed by atoms with Gasteiger partial charge in [-0.2, -0.15) is 0 Å². The van der Waals surface area contributed by atoms with Crippen molar-refractivity contribution in [3.05, 3.63) is 11.1 Å². The molecule has 14 heavy (non-hydrogen) atoms. The summed E-state index contributed by atoms with van der Waals surface area (Å²) in [6, 6.07) is 0. The smallest absolute Gasteiger partial charge is 0.123 e. The van der Waals surface area contributed by atoms with Gasteiger partial charge in [-0.15, -0.1) is 0 Å². The lowest BCUT2D eigenvalue weighted by atomic mass is 9.66. The molecule has 1 unspecified atom stereocenters. The van der Waals surface area contributed by atoms with E-state index in [1.807, 2.05) is 0 Å². The van der Waals surface area contributed by atoms with Crippen LogP contribution in [-0.4, -0.2) is 6.29 Å². The Kier molecular flexibility index (Phi) is 2.50. The third kappa shape index (κ3) is 1.65. The molecule has 2 aliphatic rings. The van der Waals surface area contributed by atoms with E-state index >= 15 is 0 Å². The van der Waals surface area contributed by atoms with Crippen molar-refractivity contribution in [1.29, 1.82) is 0 Å². The number of carbonyl (C=O) groups excluding carboxylic acids is 1. The molecule has 0 bridgehead atoms. The highest BCUT2D eigenvalue weighted by Crippen LogP contribution is 2.47. The highest BCUT2D eigenvalue weighted by atomic mass is 16.1. The molecule has 0 N–H and O–H groups in total. The van der Waals surface area contributed by atoms with Crippen LogP contribution in [0.25, 0.3) is 0 Å². The monoisotopic (exact) mass is 192 g/mol. The molecule has 0 aliphatic heterocycles. The SMILES string of the molecule is CC1(C)CCCC2=C1CCC(C=O)C2. The zero-order valence-corrected chi connectivity index (χ0v) is 9.31. The van der Waals surface area contributed by atoms with Crippen LogP contribution in [0.4, 0.5) is 0 Å². The highest BCUT2D eigenvalue weighted by molar-refractivity contribution is 5.55. The average Bonchev–Trinajstić information content (AvgIpc) is 2.16. The quantitative estimate of drug-likeness (QED) is 0.459. The van der Waals surface area contributed by atoms with Crippen molar-refractivity contribution in [2.45, 2.75) is 52.4 Å². The van der Waals surface area contributed by atoms with Crippen LogP contribution in [0.15, 0.2) is 11.1 Å². The zero-order chi connectivity index (χ0) is 10.2. The molecule has 0 aromatic carbocycles. The van der Waals surface area contributed by atoms with Gasteiger partial charge in [0, 0.05) is 5.92 Å². The molecule has 1 heteroatoms. The molecule has 0 fully saturated rings. The number of hydrogen-bond acceptors (Lipinski definition) is 1. The molecule has 0 aromatic rings. The predicted molar refractivity (Wildman–Crippen MR) is 58.1 cm³/mol. The lowest BCUT2D eigenvalue weighted by Crippen LogP contribution is -2.25. The maximum Gasteiger partial charge on any atom is 0.123 e. The summed E-state index contributed by atoms with van der Waals surface area (Å²) in [5.74, 6) is 0.322. The second kappa shape index (κ2) is 3.52. The van der Waals surface area contributed by atoms with Crippen LogP contribution in [-0.2, 0) is 4.79 Å². The maximum atomic E-state index is 10.8. The zero-order valence-electron chi connectivity index (χ0n) is 9.31. The standard InChI is InChI=1S/C13H20O/c1-13(2)7-3-4-11-8-10(9-14)5-6-12(11)13/h9-10H,3-8H2,1-2H3. The van der Waals surface area contributed by atoms with Gasteiger partial charge in [0.05, 0.1) is 0 Å². The third-order valence-corrected chi connectivity index (χ3v) is 3.99. The molecule has 1 atom stereocenters. The van der Waals surface area contributed by atoms with Gasteiger partial charge in [0.25, 0.3) is 0 Å². The van der Waals surface area contributed by atoms with Crippen LogP contribution in [0.1, 0.15) is 52.4 Å². The Morgan fingerprint density at radius 1 is 1.36 bits per heavy atom. The van der Waals surface area contributed by atoms with E-state index in [9.17, 15) is 4.79 Å². The van der Waals surface area contributed by atoms with Gasteiger partial charge < -0.3 is 4.79 Å². The summed E-state index contributed by atoms with van der Waals surface area (Å²) >= 11 is 0. The molecule has 0 saturated carbocycles. The normalized spacial score (nSPS) is 31.1. The van der Waals surface area contributed by atoms with Crippen molar-refractivity contribution >= 4 is 6.29 Å². The molecule has 0 heterocycles. The van der Waals surface area contributed by atoms with Crippen LogP contribution in [0.5, 0.6) is 0 Å². The first kappa shape index (κ1) is 9.95. The summed E-state index contributed by atoms with van der Waals surface area (Å²) in [5, 5.41) is 0. The molecule has 0 amide bonds. The molecular formula is C13H20O. The van der Waals surface area contributed by atoms with Gasteiger partial charge in [-0.05, 0) is 43.9 Å². The summed E-state index contributed by atoms with van der Waals surface area (Å²) in [5.41, 5.74) is 3.72. The van der Waals surface area contributed by atoms with Crippen molar-refractivity contribution in [2.24, 2.45) is 11.3 Å². The number of allylic oxidation sites excluding steroid dienone is 2. The first-order valence-electron chi connectivity index (χ1n) is 5.80. The van der Waals surface area contributed by atoms with E-state index in [2.05, 4.69) is 13.8 Å².